The molecular weight excluding hydrogens is 885 g/mol. The van der Waals surface area contributed by atoms with E-state index in [0.29, 0.717) is 12.8 Å². The maximum absolute atomic E-state index is 12.9. The highest BCUT2D eigenvalue weighted by Crippen LogP contribution is 2.24. The van der Waals surface area contributed by atoms with Crippen molar-refractivity contribution in [2.75, 3.05) is 19.0 Å². The third kappa shape index (κ3) is 37.9. The number of unbranched alkanes of at least 4 members (excludes halogenated alkanes) is 20. The summed E-state index contributed by atoms with van der Waals surface area (Å²) in [7, 11) is -4.61. The molecule has 0 saturated carbocycles. The Kier molecular flexibility index (Phi) is 40.9. The van der Waals surface area contributed by atoms with Gasteiger partial charge in [-0.15, -0.1) is 0 Å². The van der Waals surface area contributed by atoms with Gasteiger partial charge in [-0.05, 0) is 83.5 Å². The van der Waals surface area contributed by atoms with Crippen LogP contribution in [-0.4, -0.2) is 96.0 Å². The van der Waals surface area contributed by atoms with Crippen molar-refractivity contribution in [2.24, 2.45) is 0 Å². The molecule has 0 radical (unpaired) electrons. The molecule has 4 N–H and O–H groups in total. The second kappa shape index (κ2) is 44.1. The number of rotatable bonds is 44. The van der Waals surface area contributed by atoms with Crippen LogP contribution >= 0.6 is 0 Å². The molecule has 1 fully saturated rings. The van der Waals surface area contributed by atoms with Crippen molar-refractivity contribution in [1.29, 1.82) is 0 Å². The molecule has 2 unspecified atom stereocenters. The number of carbonyl (C=O) groups excluding carboxylic acids is 2. The maximum atomic E-state index is 12.9. The number of aliphatic hydroxyl groups excluding tert-OH is 3. The van der Waals surface area contributed by atoms with Crippen molar-refractivity contribution in [3.63, 3.8) is 0 Å². The molecule has 1 saturated heterocycles. The quantitative estimate of drug-likeness (QED) is 0.0196. The van der Waals surface area contributed by atoms with Crippen LogP contribution in [0.1, 0.15) is 206 Å². The van der Waals surface area contributed by atoms with Gasteiger partial charge in [0.05, 0.1) is 6.61 Å². The standard InChI is InChI=1S/C55H94O12S/c1-3-5-7-9-11-13-15-17-19-21-23-24-26-27-29-31-33-35-37-39-41-43-50(56)64-45-48(46-65-55-54(60)53(59)52(58)49(67-55)47-68(61,62)63)66-51(57)44-42-40-38-36-34-32-30-28-25-22-20-18-16-14-12-10-8-6-4-2/h6,8,12,14,17-20,25,28,32,34,48-49,52-55,58-60H,3-5,7,9-11,13,15-16,21-24,26-27,29-31,33,35-47H2,1-2H3,(H,61,62,63)/b8-6+,14-12+,19-17+,20-18+,28-25+,34-32+/t48-,49-,52-,53?,54?,55+/m1/s1. The first-order valence-corrected chi connectivity index (χ1v) is 28.1. The zero-order valence-corrected chi connectivity index (χ0v) is 43.0. The summed E-state index contributed by atoms with van der Waals surface area (Å²) in [6.07, 6.45) is 48.0. The molecule has 68 heavy (non-hydrogen) atoms. The average Bonchev–Trinajstić information content (AvgIpc) is 3.31. The first-order valence-electron chi connectivity index (χ1n) is 26.5. The number of hydrogen-bond donors (Lipinski definition) is 4. The van der Waals surface area contributed by atoms with Gasteiger partial charge in [0.2, 0.25) is 0 Å². The highest BCUT2D eigenvalue weighted by Gasteiger charge is 2.46. The molecule has 12 nitrogen and oxygen atoms in total. The van der Waals surface area contributed by atoms with Crippen LogP contribution in [0.5, 0.6) is 0 Å². The van der Waals surface area contributed by atoms with Crippen molar-refractivity contribution in [3.05, 3.63) is 72.9 Å². The summed E-state index contributed by atoms with van der Waals surface area (Å²) in [6, 6.07) is 0. The van der Waals surface area contributed by atoms with Gasteiger partial charge in [0.1, 0.15) is 36.8 Å². The Morgan fingerprint density at radius 3 is 1.41 bits per heavy atom. The van der Waals surface area contributed by atoms with Crippen molar-refractivity contribution >= 4 is 22.1 Å². The lowest BCUT2D eigenvalue weighted by molar-refractivity contribution is -0.297. The van der Waals surface area contributed by atoms with Gasteiger partial charge in [-0.1, -0.05) is 183 Å². The molecule has 0 aromatic rings. The Bertz CT molecular complexity index is 1520. The van der Waals surface area contributed by atoms with Crippen LogP contribution in [0.2, 0.25) is 0 Å². The third-order valence-corrected chi connectivity index (χ3v) is 12.5. The Labute approximate surface area is 412 Å². The fourth-order valence-corrected chi connectivity index (χ4v) is 8.39. The van der Waals surface area contributed by atoms with Gasteiger partial charge in [0.15, 0.2) is 12.4 Å². The van der Waals surface area contributed by atoms with E-state index in [0.717, 1.165) is 70.6 Å². The molecule has 0 aromatic carbocycles. The van der Waals surface area contributed by atoms with Crippen molar-refractivity contribution in [2.45, 2.75) is 243 Å². The van der Waals surface area contributed by atoms with E-state index in [1.54, 1.807) is 0 Å². The normalized spacial score (nSPS) is 19.8. The summed E-state index contributed by atoms with van der Waals surface area (Å²) in [6.45, 7) is 3.64. The minimum absolute atomic E-state index is 0.122. The number of esters is 2. The minimum Gasteiger partial charge on any atom is -0.462 e. The van der Waals surface area contributed by atoms with E-state index < -0.39 is 71.2 Å². The summed E-state index contributed by atoms with van der Waals surface area (Å²) in [5.41, 5.74) is 0. The second-order valence-corrected chi connectivity index (χ2v) is 19.7. The lowest BCUT2D eigenvalue weighted by atomic mass is 10.00. The average molecular weight is 979 g/mol. The van der Waals surface area contributed by atoms with Gasteiger partial charge in [-0.2, -0.15) is 8.42 Å². The number of hydrogen-bond acceptors (Lipinski definition) is 11. The smallest absolute Gasteiger partial charge is 0.306 e. The van der Waals surface area contributed by atoms with Gasteiger partial charge in [-0.25, -0.2) is 0 Å². The van der Waals surface area contributed by atoms with Crippen molar-refractivity contribution in [3.8, 4) is 0 Å². The summed E-state index contributed by atoms with van der Waals surface area (Å²) in [5.74, 6) is -2.03. The Morgan fingerprint density at radius 1 is 0.515 bits per heavy atom. The molecule has 1 rings (SSSR count). The predicted octanol–water partition coefficient (Wildman–Crippen LogP) is 12.2. The number of allylic oxidation sites excluding steroid dienone is 12. The molecular formula is C55H94O12S. The van der Waals surface area contributed by atoms with Crippen LogP contribution in [0.15, 0.2) is 72.9 Å². The molecule has 13 heteroatoms. The highest BCUT2D eigenvalue weighted by molar-refractivity contribution is 7.85. The SMILES string of the molecule is CC/C=C/C/C=C/C/C=C/C/C=C/C/C=C/CCCCCC(=O)O[C@H](COC(=O)CCCCCCCCCCCCC/C=C/CCCCCCCC)CO[C@H]1O[C@H](CS(=O)(=O)O)[C@@H](O)C(O)C1O. The number of carbonyl (C=O) groups is 2. The topological polar surface area (TPSA) is 186 Å². The van der Waals surface area contributed by atoms with E-state index in [2.05, 4.69) is 86.8 Å². The zero-order valence-electron chi connectivity index (χ0n) is 42.2. The third-order valence-electron chi connectivity index (χ3n) is 11.8. The Hall–Kier alpha value is -2.91. The molecule has 1 aliphatic rings. The largest absolute Gasteiger partial charge is 0.462 e. The fraction of sp³-hybridized carbons (Fsp3) is 0.745. The molecule has 1 aliphatic heterocycles. The Morgan fingerprint density at radius 2 is 0.926 bits per heavy atom. The van der Waals surface area contributed by atoms with Crippen LogP contribution in [0.25, 0.3) is 0 Å². The summed E-state index contributed by atoms with van der Waals surface area (Å²) < 4.78 is 54.3. The van der Waals surface area contributed by atoms with E-state index in [9.17, 15) is 37.9 Å². The molecule has 0 spiro atoms. The van der Waals surface area contributed by atoms with Crippen LogP contribution in [0.3, 0.4) is 0 Å². The monoisotopic (exact) mass is 979 g/mol. The summed E-state index contributed by atoms with van der Waals surface area (Å²) >= 11 is 0. The lowest BCUT2D eigenvalue weighted by Crippen LogP contribution is -2.60. The van der Waals surface area contributed by atoms with Crippen LogP contribution in [0, 0.1) is 0 Å². The fourth-order valence-electron chi connectivity index (χ4n) is 7.70. The van der Waals surface area contributed by atoms with E-state index >= 15 is 0 Å². The van der Waals surface area contributed by atoms with Crippen molar-refractivity contribution in [1.82, 2.24) is 0 Å². The molecule has 0 bridgehead atoms. The Balaban J connectivity index is 2.38. The van der Waals surface area contributed by atoms with Gasteiger partial charge in [0, 0.05) is 12.8 Å². The molecule has 0 aromatic heterocycles. The second-order valence-electron chi connectivity index (χ2n) is 18.2. The van der Waals surface area contributed by atoms with Gasteiger partial charge < -0.3 is 34.3 Å². The van der Waals surface area contributed by atoms with Gasteiger partial charge in [-0.3, -0.25) is 14.1 Å². The van der Waals surface area contributed by atoms with Gasteiger partial charge in [0.25, 0.3) is 10.1 Å². The molecule has 392 valence electrons. The van der Waals surface area contributed by atoms with E-state index in [1.807, 2.05) is 0 Å². The zero-order chi connectivity index (χ0) is 49.8. The summed E-state index contributed by atoms with van der Waals surface area (Å²) in [5, 5.41) is 31.0. The molecule has 0 aliphatic carbocycles. The van der Waals surface area contributed by atoms with E-state index in [4.69, 9.17) is 18.9 Å². The highest BCUT2D eigenvalue weighted by atomic mass is 32.2. The molecule has 1 heterocycles. The number of ether oxygens (including phenoxy) is 4. The van der Waals surface area contributed by atoms with Crippen LogP contribution in [-0.2, 0) is 38.7 Å². The van der Waals surface area contributed by atoms with E-state index in [1.165, 1.54) is 96.3 Å². The summed E-state index contributed by atoms with van der Waals surface area (Å²) in [4.78, 5) is 25.6. The molecule has 6 atom stereocenters. The maximum Gasteiger partial charge on any atom is 0.306 e. The minimum atomic E-state index is -4.61. The molecule has 0 amide bonds. The lowest BCUT2D eigenvalue weighted by Gasteiger charge is -2.40. The van der Waals surface area contributed by atoms with Crippen LogP contribution < -0.4 is 0 Å². The first-order chi connectivity index (χ1) is 33.0. The van der Waals surface area contributed by atoms with Gasteiger partial charge >= 0.3 is 11.9 Å². The number of aliphatic hydroxyl groups is 3. The predicted molar refractivity (Wildman–Crippen MR) is 275 cm³/mol. The van der Waals surface area contributed by atoms with Crippen molar-refractivity contribution < 1.29 is 56.8 Å². The van der Waals surface area contributed by atoms with E-state index in [-0.39, 0.29) is 19.4 Å². The first kappa shape index (κ1) is 63.1. The van der Waals surface area contributed by atoms with Crippen LogP contribution in [0.4, 0.5) is 0 Å².